The SMILES string of the molecule is C[C@H](NC(=O)[C@H](Cc1ccccc1)NC(=O)[C@H](CCCN=C(N)N)NC(=O)c1ccccc1)C(=O)O. The first-order chi connectivity index (χ1) is 17.2. The van der Waals surface area contributed by atoms with E-state index in [1.807, 2.05) is 6.07 Å². The molecule has 11 heteroatoms. The van der Waals surface area contributed by atoms with E-state index < -0.39 is 41.8 Å². The highest BCUT2D eigenvalue weighted by molar-refractivity contribution is 5.98. The van der Waals surface area contributed by atoms with Gasteiger partial charge in [-0.15, -0.1) is 0 Å². The number of guanidine groups is 1. The van der Waals surface area contributed by atoms with Gasteiger partial charge in [0.1, 0.15) is 18.1 Å². The number of aliphatic imine (C=N–C) groups is 1. The van der Waals surface area contributed by atoms with Gasteiger partial charge in [-0.3, -0.25) is 24.2 Å². The van der Waals surface area contributed by atoms with Gasteiger partial charge in [0.15, 0.2) is 5.96 Å². The molecule has 0 aliphatic rings. The molecule has 0 aromatic heterocycles. The number of carboxylic acid groups (broad SMARTS) is 1. The number of carbonyl (C=O) groups excluding carboxylic acids is 3. The van der Waals surface area contributed by atoms with Crippen LogP contribution in [0.25, 0.3) is 0 Å². The van der Waals surface area contributed by atoms with Gasteiger partial charge in [0, 0.05) is 18.5 Å². The number of carbonyl (C=O) groups is 4. The molecule has 0 saturated heterocycles. The monoisotopic (exact) mass is 496 g/mol. The van der Waals surface area contributed by atoms with Crippen molar-refractivity contribution in [3.8, 4) is 0 Å². The number of hydrogen-bond donors (Lipinski definition) is 6. The van der Waals surface area contributed by atoms with Crippen LogP contribution in [0.4, 0.5) is 0 Å². The van der Waals surface area contributed by atoms with Crippen LogP contribution >= 0.6 is 0 Å². The highest BCUT2D eigenvalue weighted by Crippen LogP contribution is 2.07. The fraction of sp³-hybridized carbons (Fsp3) is 0.320. The van der Waals surface area contributed by atoms with E-state index in [2.05, 4.69) is 20.9 Å². The fourth-order valence-electron chi connectivity index (χ4n) is 3.31. The lowest BCUT2D eigenvalue weighted by Crippen LogP contribution is -2.56. The molecule has 11 nitrogen and oxygen atoms in total. The number of amides is 3. The Kier molecular flexibility index (Phi) is 10.9. The predicted molar refractivity (Wildman–Crippen MR) is 135 cm³/mol. The molecule has 0 saturated carbocycles. The molecule has 0 heterocycles. The summed E-state index contributed by atoms with van der Waals surface area (Å²) in [5.41, 5.74) is 11.8. The van der Waals surface area contributed by atoms with Crippen LogP contribution in [0.3, 0.4) is 0 Å². The zero-order valence-corrected chi connectivity index (χ0v) is 20.0. The quantitative estimate of drug-likeness (QED) is 0.129. The molecule has 2 aromatic carbocycles. The maximum atomic E-state index is 13.3. The van der Waals surface area contributed by atoms with Crippen LogP contribution in [0.15, 0.2) is 65.7 Å². The maximum Gasteiger partial charge on any atom is 0.325 e. The topological polar surface area (TPSA) is 189 Å². The van der Waals surface area contributed by atoms with Crippen molar-refractivity contribution in [2.75, 3.05) is 6.54 Å². The lowest BCUT2D eigenvalue weighted by molar-refractivity contribution is -0.141. The van der Waals surface area contributed by atoms with E-state index in [9.17, 15) is 19.2 Å². The fourth-order valence-corrected chi connectivity index (χ4v) is 3.31. The molecule has 0 aliphatic carbocycles. The van der Waals surface area contributed by atoms with E-state index in [0.29, 0.717) is 12.0 Å². The van der Waals surface area contributed by atoms with E-state index in [1.54, 1.807) is 54.6 Å². The number of nitrogens with two attached hydrogens (primary N) is 2. The van der Waals surface area contributed by atoms with E-state index in [1.165, 1.54) is 6.92 Å². The first-order valence-corrected chi connectivity index (χ1v) is 11.5. The summed E-state index contributed by atoms with van der Waals surface area (Å²) in [7, 11) is 0. The molecule has 0 aliphatic heterocycles. The Balaban J connectivity index is 2.21. The summed E-state index contributed by atoms with van der Waals surface area (Å²) in [6.45, 7) is 1.57. The minimum absolute atomic E-state index is 0.0866. The molecule has 0 unspecified atom stereocenters. The van der Waals surface area contributed by atoms with Crippen molar-refractivity contribution in [1.29, 1.82) is 0 Å². The second kappa shape index (κ2) is 14.1. The van der Waals surface area contributed by atoms with Crippen molar-refractivity contribution >= 4 is 29.7 Å². The Hall–Kier alpha value is -4.41. The summed E-state index contributed by atoms with van der Waals surface area (Å²) in [6.07, 6.45) is 0.709. The lowest BCUT2D eigenvalue weighted by atomic mass is 10.0. The van der Waals surface area contributed by atoms with Gasteiger partial charge < -0.3 is 32.5 Å². The number of nitrogens with zero attached hydrogens (tertiary/aromatic N) is 1. The van der Waals surface area contributed by atoms with Gasteiger partial charge >= 0.3 is 5.97 Å². The highest BCUT2D eigenvalue weighted by atomic mass is 16.4. The minimum atomic E-state index is -1.21. The van der Waals surface area contributed by atoms with Crippen molar-refractivity contribution in [2.45, 2.75) is 44.3 Å². The van der Waals surface area contributed by atoms with E-state index in [0.717, 1.165) is 5.56 Å². The van der Waals surface area contributed by atoms with Gasteiger partial charge in [-0.25, -0.2) is 0 Å². The Labute approximate surface area is 209 Å². The zero-order chi connectivity index (χ0) is 26.5. The molecule has 0 radical (unpaired) electrons. The van der Waals surface area contributed by atoms with Gasteiger partial charge in [0.2, 0.25) is 11.8 Å². The molecule has 0 spiro atoms. The molecule has 0 fully saturated rings. The summed E-state index contributed by atoms with van der Waals surface area (Å²) >= 11 is 0. The molecule has 192 valence electrons. The van der Waals surface area contributed by atoms with Gasteiger partial charge in [0.25, 0.3) is 5.91 Å². The van der Waals surface area contributed by atoms with Crippen LogP contribution in [0.1, 0.15) is 35.7 Å². The number of rotatable bonds is 13. The van der Waals surface area contributed by atoms with Crippen molar-refractivity contribution in [2.24, 2.45) is 16.5 Å². The van der Waals surface area contributed by atoms with Gasteiger partial charge in [-0.1, -0.05) is 48.5 Å². The average molecular weight is 497 g/mol. The van der Waals surface area contributed by atoms with E-state index >= 15 is 0 Å². The Morgan fingerprint density at radius 1 is 0.861 bits per heavy atom. The smallest absolute Gasteiger partial charge is 0.325 e. The second-order valence-corrected chi connectivity index (χ2v) is 8.16. The number of nitrogens with one attached hydrogen (secondary N) is 3. The summed E-state index contributed by atoms with van der Waals surface area (Å²) in [5.74, 6) is -3.00. The minimum Gasteiger partial charge on any atom is -0.480 e. The van der Waals surface area contributed by atoms with Crippen LogP contribution in [0.5, 0.6) is 0 Å². The van der Waals surface area contributed by atoms with E-state index in [-0.39, 0.29) is 25.3 Å². The standard InChI is InChI=1S/C25H32N6O5/c1-16(24(35)36)29-23(34)20(15-17-9-4-2-5-10-17)31-22(33)19(13-8-14-28-25(26)27)30-21(32)18-11-6-3-7-12-18/h2-7,9-12,16,19-20H,8,13-15H2,1H3,(H,29,34)(H,30,32)(H,31,33)(H,35,36)(H4,26,27,28)/t16-,19-,20-/m0/s1. The third-order valence-electron chi connectivity index (χ3n) is 5.25. The molecule has 0 bridgehead atoms. The number of aliphatic carboxylic acids is 1. The van der Waals surface area contributed by atoms with Crippen LogP contribution < -0.4 is 27.4 Å². The first kappa shape index (κ1) is 27.8. The van der Waals surface area contributed by atoms with Gasteiger partial charge in [-0.05, 0) is 37.5 Å². The van der Waals surface area contributed by atoms with Crippen LogP contribution in [-0.2, 0) is 20.8 Å². The number of benzene rings is 2. The van der Waals surface area contributed by atoms with Crippen LogP contribution in [0.2, 0.25) is 0 Å². The first-order valence-electron chi connectivity index (χ1n) is 11.5. The molecule has 8 N–H and O–H groups in total. The molecular weight excluding hydrogens is 464 g/mol. The maximum absolute atomic E-state index is 13.3. The summed E-state index contributed by atoms with van der Waals surface area (Å²) in [5, 5.41) is 16.9. The predicted octanol–water partition coefficient (Wildman–Crippen LogP) is 0.155. The average Bonchev–Trinajstić information content (AvgIpc) is 2.86. The normalized spacial score (nSPS) is 12.9. The largest absolute Gasteiger partial charge is 0.480 e. The molecular formula is C25H32N6O5. The van der Waals surface area contributed by atoms with Gasteiger partial charge in [-0.2, -0.15) is 0 Å². The third-order valence-corrected chi connectivity index (χ3v) is 5.25. The van der Waals surface area contributed by atoms with Crippen molar-refractivity contribution < 1.29 is 24.3 Å². The van der Waals surface area contributed by atoms with E-state index in [4.69, 9.17) is 16.6 Å². The Morgan fingerprint density at radius 2 is 1.44 bits per heavy atom. The van der Waals surface area contributed by atoms with Crippen molar-refractivity contribution in [3.05, 3.63) is 71.8 Å². The second-order valence-electron chi connectivity index (χ2n) is 8.16. The van der Waals surface area contributed by atoms with Crippen LogP contribution in [-0.4, -0.2) is 59.4 Å². The van der Waals surface area contributed by atoms with Crippen LogP contribution in [0, 0.1) is 0 Å². The van der Waals surface area contributed by atoms with Gasteiger partial charge in [0.05, 0.1) is 0 Å². The lowest BCUT2D eigenvalue weighted by Gasteiger charge is -2.24. The summed E-state index contributed by atoms with van der Waals surface area (Å²) in [4.78, 5) is 54.0. The molecule has 2 aromatic rings. The van der Waals surface area contributed by atoms with Crippen molar-refractivity contribution in [1.82, 2.24) is 16.0 Å². The molecule has 3 amide bonds. The summed E-state index contributed by atoms with van der Waals surface area (Å²) in [6, 6.07) is 14.2. The van der Waals surface area contributed by atoms with Crippen molar-refractivity contribution in [3.63, 3.8) is 0 Å². The number of hydrogen-bond acceptors (Lipinski definition) is 5. The highest BCUT2D eigenvalue weighted by Gasteiger charge is 2.28. The third kappa shape index (κ3) is 9.45. The summed E-state index contributed by atoms with van der Waals surface area (Å²) < 4.78 is 0. The molecule has 36 heavy (non-hydrogen) atoms. The zero-order valence-electron chi connectivity index (χ0n) is 20.0. The molecule has 3 atom stereocenters. The number of carboxylic acids is 1. The molecule has 2 rings (SSSR count). The Morgan fingerprint density at radius 3 is 2.03 bits per heavy atom. The Bertz CT molecular complexity index is 1060.